The molecular formula is C19H22N2O3S2. The third kappa shape index (κ3) is 3.95. The fourth-order valence-corrected chi connectivity index (χ4v) is 4.92. The molecule has 5 nitrogen and oxygen atoms in total. The molecule has 1 aromatic heterocycles. The lowest BCUT2D eigenvalue weighted by Gasteiger charge is -2.18. The normalized spacial score (nSPS) is 12.2. The molecule has 0 saturated heterocycles. The summed E-state index contributed by atoms with van der Waals surface area (Å²) in [5.41, 5.74) is 3.56. The first-order valence-electron chi connectivity index (χ1n) is 8.53. The molecule has 0 atom stereocenters. The van der Waals surface area contributed by atoms with Crippen molar-refractivity contribution in [3.8, 4) is 0 Å². The predicted octanol–water partition coefficient (Wildman–Crippen LogP) is 4.46. The highest BCUT2D eigenvalue weighted by Gasteiger charge is 2.22. The zero-order chi connectivity index (χ0) is 18.7. The minimum Gasteiger partial charge on any atom is -0.431 e. The first-order chi connectivity index (χ1) is 12.4. The van der Waals surface area contributed by atoms with Crippen LogP contribution in [0.4, 0.5) is 0 Å². The van der Waals surface area contributed by atoms with Crippen LogP contribution >= 0.6 is 11.8 Å². The van der Waals surface area contributed by atoms with Crippen molar-refractivity contribution in [2.75, 3.05) is 13.1 Å². The summed E-state index contributed by atoms with van der Waals surface area (Å²) in [6.07, 6.45) is 0. The van der Waals surface area contributed by atoms with Crippen LogP contribution in [-0.2, 0) is 15.8 Å². The standard InChI is InChI=1S/C19H22N2O3S2/c1-4-21(5-2)26(22,23)16-10-11-18-17(12-16)20-19(24-18)25-13-15-8-6-14(3)7-9-15/h6-12H,4-5,13H2,1-3H3. The van der Waals surface area contributed by atoms with E-state index in [0.29, 0.717) is 29.4 Å². The molecule has 0 aliphatic carbocycles. The SMILES string of the molecule is CCN(CC)S(=O)(=O)c1ccc2oc(SCc3ccc(C)cc3)nc2c1. The van der Waals surface area contributed by atoms with Gasteiger partial charge in [-0.2, -0.15) is 4.31 Å². The molecule has 138 valence electrons. The van der Waals surface area contributed by atoms with Gasteiger partial charge in [0.2, 0.25) is 10.0 Å². The molecular weight excluding hydrogens is 368 g/mol. The van der Waals surface area contributed by atoms with Gasteiger partial charge in [0.05, 0.1) is 4.90 Å². The van der Waals surface area contributed by atoms with Crippen LogP contribution in [0.3, 0.4) is 0 Å². The van der Waals surface area contributed by atoms with Gasteiger partial charge < -0.3 is 4.42 Å². The van der Waals surface area contributed by atoms with E-state index in [1.807, 2.05) is 13.8 Å². The Morgan fingerprint density at radius 3 is 2.42 bits per heavy atom. The van der Waals surface area contributed by atoms with Crippen LogP contribution in [0.15, 0.2) is 57.0 Å². The van der Waals surface area contributed by atoms with Gasteiger partial charge in [-0.3, -0.25) is 0 Å². The largest absolute Gasteiger partial charge is 0.431 e. The molecule has 0 amide bonds. The molecule has 0 saturated carbocycles. The van der Waals surface area contributed by atoms with E-state index < -0.39 is 10.0 Å². The van der Waals surface area contributed by atoms with Gasteiger partial charge in [-0.1, -0.05) is 55.4 Å². The van der Waals surface area contributed by atoms with Crippen molar-refractivity contribution in [2.45, 2.75) is 36.6 Å². The molecule has 26 heavy (non-hydrogen) atoms. The van der Waals surface area contributed by atoms with Crippen molar-refractivity contribution in [3.05, 3.63) is 53.6 Å². The van der Waals surface area contributed by atoms with Crippen LogP contribution in [0.2, 0.25) is 0 Å². The van der Waals surface area contributed by atoms with E-state index in [-0.39, 0.29) is 4.90 Å². The average Bonchev–Trinajstić information content (AvgIpc) is 3.04. The van der Waals surface area contributed by atoms with Gasteiger partial charge in [0.15, 0.2) is 5.58 Å². The number of oxazole rings is 1. The molecule has 0 bridgehead atoms. The predicted molar refractivity (Wildman–Crippen MR) is 105 cm³/mol. The van der Waals surface area contributed by atoms with Gasteiger partial charge in [0, 0.05) is 18.8 Å². The summed E-state index contributed by atoms with van der Waals surface area (Å²) in [4.78, 5) is 4.69. The second kappa shape index (κ2) is 7.82. The number of aryl methyl sites for hydroxylation is 1. The first-order valence-corrected chi connectivity index (χ1v) is 11.0. The zero-order valence-electron chi connectivity index (χ0n) is 15.1. The Labute approximate surface area is 158 Å². The van der Waals surface area contributed by atoms with E-state index >= 15 is 0 Å². The number of hydrogen-bond donors (Lipinski definition) is 0. The number of nitrogens with zero attached hydrogens (tertiary/aromatic N) is 2. The van der Waals surface area contributed by atoms with Crippen molar-refractivity contribution >= 4 is 32.9 Å². The number of benzene rings is 2. The number of hydrogen-bond acceptors (Lipinski definition) is 5. The second-order valence-electron chi connectivity index (χ2n) is 5.97. The van der Waals surface area contributed by atoms with E-state index in [9.17, 15) is 8.42 Å². The minimum atomic E-state index is -3.50. The van der Waals surface area contributed by atoms with Gasteiger partial charge >= 0.3 is 0 Å². The molecule has 0 N–H and O–H groups in total. The fourth-order valence-electron chi connectivity index (χ4n) is 2.65. The summed E-state index contributed by atoms with van der Waals surface area (Å²) < 4.78 is 32.5. The molecule has 0 aliphatic heterocycles. The number of rotatable bonds is 7. The lowest BCUT2D eigenvalue weighted by Crippen LogP contribution is -2.30. The Morgan fingerprint density at radius 2 is 1.77 bits per heavy atom. The smallest absolute Gasteiger partial charge is 0.257 e. The maximum absolute atomic E-state index is 12.6. The Balaban J connectivity index is 1.82. The molecule has 0 radical (unpaired) electrons. The molecule has 0 spiro atoms. The van der Waals surface area contributed by atoms with Crippen LogP contribution in [-0.4, -0.2) is 30.8 Å². The van der Waals surface area contributed by atoms with E-state index in [1.165, 1.54) is 27.2 Å². The van der Waals surface area contributed by atoms with Crippen LogP contribution in [0.25, 0.3) is 11.1 Å². The minimum absolute atomic E-state index is 0.247. The zero-order valence-corrected chi connectivity index (χ0v) is 16.7. The Kier molecular flexibility index (Phi) is 5.70. The van der Waals surface area contributed by atoms with E-state index in [0.717, 1.165) is 5.75 Å². The molecule has 2 aromatic carbocycles. The number of fused-ring (bicyclic) bond motifs is 1. The van der Waals surface area contributed by atoms with Crippen molar-refractivity contribution in [1.29, 1.82) is 0 Å². The maximum atomic E-state index is 12.6. The Morgan fingerprint density at radius 1 is 1.08 bits per heavy atom. The van der Waals surface area contributed by atoms with Gasteiger partial charge in [-0.25, -0.2) is 13.4 Å². The van der Waals surface area contributed by atoms with E-state index in [4.69, 9.17) is 4.42 Å². The summed E-state index contributed by atoms with van der Waals surface area (Å²) >= 11 is 1.50. The second-order valence-corrected chi connectivity index (χ2v) is 8.84. The summed E-state index contributed by atoms with van der Waals surface area (Å²) in [5.74, 6) is 0.748. The third-order valence-electron chi connectivity index (χ3n) is 4.17. The molecule has 7 heteroatoms. The summed E-state index contributed by atoms with van der Waals surface area (Å²) in [7, 11) is -3.50. The topological polar surface area (TPSA) is 63.4 Å². The van der Waals surface area contributed by atoms with Gasteiger partial charge in [0.25, 0.3) is 5.22 Å². The van der Waals surface area contributed by atoms with E-state index in [2.05, 4.69) is 36.2 Å². The van der Waals surface area contributed by atoms with Crippen LogP contribution in [0.1, 0.15) is 25.0 Å². The fraction of sp³-hybridized carbons (Fsp3) is 0.316. The number of sulfonamides is 1. The van der Waals surface area contributed by atoms with Crippen molar-refractivity contribution in [1.82, 2.24) is 9.29 Å². The monoisotopic (exact) mass is 390 g/mol. The summed E-state index contributed by atoms with van der Waals surface area (Å²) in [6.45, 7) is 6.59. The highest BCUT2D eigenvalue weighted by molar-refractivity contribution is 7.98. The van der Waals surface area contributed by atoms with E-state index in [1.54, 1.807) is 18.2 Å². The Bertz CT molecular complexity index is 991. The Hall–Kier alpha value is -1.83. The maximum Gasteiger partial charge on any atom is 0.257 e. The highest BCUT2D eigenvalue weighted by Crippen LogP contribution is 2.28. The average molecular weight is 391 g/mol. The molecule has 0 unspecified atom stereocenters. The molecule has 3 aromatic rings. The molecule has 1 heterocycles. The third-order valence-corrected chi connectivity index (χ3v) is 7.11. The molecule has 3 rings (SSSR count). The van der Waals surface area contributed by atoms with Crippen LogP contribution in [0.5, 0.6) is 0 Å². The van der Waals surface area contributed by atoms with Crippen LogP contribution < -0.4 is 0 Å². The van der Waals surface area contributed by atoms with Gasteiger partial charge in [0.1, 0.15) is 5.52 Å². The quantitative estimate of drug-likeness (QED) is 0.557. The molecule has 0 fully saturated rings. The van der Waals surface area contributed by atoms with Crippen molar-refractivity contribution in [2.24, 2.45) is 0 Å². The lowest BCUT2D eigenvalue weighted by atomic mass is 10.2. The number of aromatic nitrogens is 1. The lowest BCUT2D eigenvalue weighted by molar-refractivity contribution is 0.445. The first kappa shape index (κ1) is 18.9. The summed E-state index contributed by atoms with van der Waals surface area (Å²) in [6, 6.07) is 13.2. The van der Waals surface area contributed by atoms with Crippen molar-refractivity contribution in [3.63, 3.8) is 0 Å². The highest BCUT2D eigenvalue weighted by atomic mass is 32.2. The number of thioether (sulfide) groups is 1. The summed E-state index contributed by atoms with van der Waals surface area (Å²) in [5, 5.41) is 0.540. The van der Waals surface area contributed by atoms with Crippen molar-refractivity contribution < 1.29 is 12.8 Å². The van der Waals surface area contributed by atoms with Crippen LogP contribution in [0, 0.1) is 6.92 Å². The van der Waals surface area contributed by atoms with Gasteiger partial charge in [-0.05, 0) is 30.7 Å². The van der Waals surface area contributed by atoms with Gasteiger partial charge in [-0.15, -0.1) is 0 Å². The molecule has 0 aliphatic rings.